The number of halogens is 1. The van der Waals surface area contributed by atoms with Crippen molar-refractivity contribution in [3.63, 3.8) is 0 Å². The van der Waals surface area contributed by atoms with Crippen molar-refractivity contribution in [3.8, 4) is 5.75 Å². The number of nitrogens with zero attached hydrogens (tertiary/aromatic N) is 2. The van der Waals surface area contributed by atoms with E-state index in [4.69, 9.17) is 13.9 Å². The van der Waals surface area contributed by atoms with Crippen LogP contribution in [0.4, 0.5) is 4.39 Å². The number of ether oxygens (including phenoxy) is 2. The highest BCUT2D eigenvalue weighted by Gasteiger charge is 2.41. The smallest absolute Gasteiger partial charge is 0.256 e. The summed E-state index contributed by atoms with van der Waals surface area (Å²) in [5, 5.41) is 8.57. The summed E-state index contributed by atoms with van der Waals surface area (Å²) >= 11 is 0. The van der Waals surface area contributed by atoms with E-state index in [0.29, 0.717) is 30.7 Å². The Labute approximate surface area is 157 Å². The van der Waals surface area contributed by atoms with E-state index in [1.165, 1.54) is 12.1 Å². The second kappa shape index (κ2) is 7.48. The Morgan fingerprint density at radius 3 is 2.41 bits per heavy atom. The van der Waals surface area contributed by atoms with E-state index in [1.807, 2.05) is 25.1 Å². The lowest BCUT2D eigenvalue weighted by Crippen LogP contribution is -2.35. The molecule has 0 spiro atoms. The van der Waals surface area contributed by atoms with Crippen molar-refractivity contribution in [1.82, 2.24) is 10.2 Å². The number of aromatic nitrogens is 2. The van der Waals surface area contributed by atoms with E-state index < -0.39 is 6.10 Å². The second-order valence-corrected chi connectivity index (χ2v) is 6.72. The zero-order valence-electron chi connectivity index (χ0n) is 15.1. The largest absolute Gasteiger partial charge is 0.481 e. The van der Waals surface area contributed by atoms with Crippen LogP contribution in [-0.4, -0.2) is 23.4 Å². The van der Waals surface area contributed by atoms with Gasteiger partial charge in [0.05, 0.1) is 5.41 Å². The molecule has 1 unspecified atom stereocenters. The van der Waals surface area contributed by atoms with Crippen molar-refractivity contribution in [1.29, 1.82) is 0 Å². The standard InChI is InChI=1S/C21H21FN2O3/c1-15(26-18-9-7-17(22)8-10-18)19-23-24-20(27-19)21(11-13-25-14-12-21)16-5-3-2-4-6-16/h2-10,15H,11-14H2,1H3. The zero-order chi connectivity index (χ0) is 18.7. The predicted octanol–water partition coefficient (Wildman–Crippen LogP) is 4.45. The molecule has 6 heteroatoms. The van der Waals surface area contributed by atoms with Crippen molar-refractivity contribution >= 4 is 0 Å². The molecule has 2 heterocycles. The zero-order valence-corrected chi connectivity index (χ0v) is 15.1. The second-order valence-electron chi connectivity index (χ2n) is 6.72. The Hall–Kier alpha value is -2.73. The minimum Gasteiger partial charge on any atom is -0.481 e. The van der Waals surface area contributed by atoms with Gasteiger partial charge < -0.3 is 13.9 Å². The molecule has 1 aromatic heterocycles. The molecule has 0 N–H and O–H groups in total. The van der Waals surface area contributed by atoms with Crippen molar-refractivity contribution in [2.45, 2.75) is 31.3 Å². The first-order valence-electron chi connectivity index (χ1n) is 9.07. The van der Waals surface area contributed by atoms with Crippen LogP contribution in [0.3, 0.4) is 0 Å². The summed E-state index contributed by atoms with van der Waals surface area (Å²) in [5.41, 5.74) is 0.802. The van der Waals surface area contributed by atoms with Crippen LogP contribution in [0.15, 0.2) is 59.0 Å². The van der Waals surface area contributed by atoms with E-state index in [0.717, 1.165) is 18.4 Å². The third kappa shape index (κ3) is 3.57. The summed E-state index contributed by atoms with van der Waals surface area (Å²) in [7, 11) is 0. The van der Waals surface area contributed by atoms with Crippen LogP contribution >= 0.6 is 0 Å². The Bertz CT molecular complexity index is 874. The van der Waals surface area contributed by atoms with Gasteiger partial charge in [0.2, 0.25) is 5.89 Å². The fourth-order valence-corrected chi connectivity index (χ4v) is 3.46. The molecule has 1 aliphatic rings. The predicted molar refractivity (Wildman–Crippen MR) is 97.0 cm³/mol. The average molecular weight is 368 g/mol. The number of hydrogen-bond donors (Lipinski definition) is 0. The van der Waals surface area contributed by atoms with Crippen LogP contribution in [0.5, 0.6) is 5.75 Å². The molecule has 0 bridgehead atoms. The van der Waals surface area contributed by atoms with E-state index in [2.05, 4.69) is 22.3 Å². The van der Waals surface area contributed by atoms with Crippen LogP contribution < -0.4 is 4.74 Å². The van der Waals surface area contributed by atoms with Crippen molar-refractivity contribution in [3.05, 3.63) is 77.8 Å². The normalized spacial score (nSPS) is 17.4. The molecule has 3 aromatic rings. The molecule has 1 atom stereocenters. The summed E-state index contributed by atoms with van der Waals surface area (Å²) in [5.74, 6) is 1.23. The molecule has 1 aliphatic heterocycles. The van der Waals surface area contributed by atoms with Gasteiger partial charge in [-0.15, -0.1) is 10.2 Å². The van der Waals surface area contributed by atoms with Gasteiger partial charge in [-0.3, -0.25) is 0 Å². The van der Waals surface area contributed by atoms with Crippen molar-refractivity contribution in [2.75, 3.05) is 13.2 Å². The number of hydrogen-bond acceptors (Lipinski definition) is 5. The first-order valence-corrected chi connectivity index (χ1v) is 9.07. The van der Waals surface area contributed by atoms with Crippen LogP contribution in [-0.2, 0) is 10.2 Å². The van der Waals surface area contributed by atoms with Gasteiger partial charge in [0, 0.05) is 13.2 Å². The molecule has 0 saturated carbocycles. The van der Waals surface area contributed by atoms with E-state index >= 15 is 0 Å². The highest BCUT2D eigenvalue weighted by atomic mass is 19.1. The van der Waals surface area contributed by atoms with Gasteiger partial charge >= 0.3 is 0 Å². The third-order valence-electron chi connectivity index (χ3n) is 5.00. The molecular weight excluding hydrogens is 347 g/mol. The first-order chi connectivity index (χ1) is 13.2. The van der Waals surface area contributed by atoms with Gasteiger partial charge in [-0.25, -0.2) is 4.39 Å². The van der Waals surface area contributed by atoms with Gasteiger partial charge in [-0.2, -0.15) is 0 Å². The molecule has 2 aromatic carbocycles. The summed E-state index contributed by atoms with van der Waals surface area (Å²) in [6.45, 7) is 3.13. The molecule has 5 nitrogen and oxygen atoms in total. The summed E-state index contributed by atoms with van der Waals surface area (Å²) in [6.07, 6.45) is 1.13. The van der Waals surface area contributed by atoms with Crippen LogP contribution in [0.1, 0.15) is 43.2 Å². The first kappa shape index (κ1) is 17.7. The van der Waals surface area contributed by atoms with E-state index in [1.54, 1.807) is 12.1 Å². The highest BCUT2D eigenvalue weighted by Crippen LogP contribution is 2.41. The quantitative estimate of drug-likeness (QED) is 0.666. The van der Waals surface area contributed by atoms with E-state index in [9.17, 15) is 4.39 Å². The van der Waals surface area contributed by atoms with Gasteiger partial charge in [-0.1, -0.05) is 30.3 Å². The van der Waals surface area contributed by atoms with Crippen molar-refractivity contribution in [2.24, 2.45) is 0 Å². The fraction of sp³-hybridized carbons (Fsp3) is 0.333. The number of rotatable bonds is 5. The lowest BCUT2D eigenvalue weighted by Gasteiger charge is -2.34. The lowest BCUT2D eigenvalue weighted by atomic mass is 9.74. The Kier molecular flexibility index (Phi) is 4.90. The Morgan fingerprint density at radius 1 is 1.00 bits per heavy atom. The average Bonchev–Trinajstić information content (AvgIpc) is 3.22. The highest BCUT2D eigenvalue weighted by molar-refractivity contribution is 5.32. The topological polar surface area (TPSA) is 57.4 Å². The Balaban J connectivity index is 1.60. The summed E-state index contributed by atoms with van der Waals surface area (Å²) in [4.78, 5) is 0. The lowest BCUT2D eigenvalue weighted by molar-refractivity contribution is 0.0530. The molecule has 140 valence electrons. The van der Waals surface area contributed by atoms with Crippen LogP contribution in [0, 0.1) is 5.82 Å². The molecule has 4 rings (SSSR count). The minimum absolute atomic E-state index is 0.306. The Morgan fingerprint density at radius 2 is 1.70 bits per heavy atom. The maximum atomic E-state index is 13.1. The monoisotopic (exact) mass is 368 g/mol. The molecular formula is C21H21FN2O3. The van der Waals surface area contributed by atoms with Gasteiger partial charge in [0.1, 0.15) is 11.6 Å². The maximum absolute atomic E-state index is 13.1. The van der Waals surface area contributed by atoms with E-state index in [-0.39, 0.29) is 11.2 Å². The number of benzene rings is 2. The molecule has 27 heavy (non-hydrogen) atoms. The van der Waals surface area contributed by atoms with Crippen LogP contribution in [0.25, 0.3) is 0 Å². The molecule has 1 fully saturated rings. The summed E-state index contributed by atoms with van der Waals surface area (Å²) in [6, 6.07) is 16.1. The third-order valence-corrected chi connectivity index (χ3v) is 5.00. The molecule has 0 radical (unpaired) electrons. The summed E-state index contributed by atoms with van der Waals surface area (Å²) < 4.78 is 30.5. The van der Waals surface area contributed by atoms with Crippen LogP contribution in [0.2, 0.25) is 0 Å². The maximum Gasteiger partial charge on any atom is 0.256 e. The fourth-order valence-electron chi connectivity index (χ4n) is 3.46. The van der Waals surface area contributed by atoms with Gasteiger partial charge in [-0.05, 0) is 49.6 Å². The molecule has 0 amide bonds. The van der Waals surface area contributed by atoms with Gasteiger partial charge in [0.15, 0.2) is 6.10 Å². The van der Waals surface area contributed by atoms with Crippen molar-refractivity contribution < 1.29 is 18.3 Å². The SMILES string of the molecule is CC(Oc1ccc(F)cc1)c1nnc(C2(c3ccccc3)CCOCC2)o1. The van der Waals surface area contributed by atoms with Gasteiger partial charge in [0.25, 0.3) is 5.89 Å². The minimum atomic E-state index is -0.440. The molecule has 0 aliphatic carbocycles. The molecule has 1 saturated heterocycles.